The van der Waals surface area contributed by atoms with Crippen LogP contribution < -0.4 is 9.64 Å². The number of nitro groups is 1. The van der Waals surface area contributed by atoms with Crippen molar-refractivity contribution in [2.45, 2.75) is 26.1 Å². The van der Waals surface area contributed by atoms with Gasteiger partial charge in [-0.05, 0) is 26.0 Å². The minimum atomic E-state index is -1.49. The first-order valence-electron chi connectivity index (χ1n) is 6.36. The molecule has 1 aromatic carbocycles. The topological polar surface area (TPSA) is 81.9 Å². The highest BCUT2D eigenvalue weighted by molar-refractivity contribution is 7.80. The molecule has 0 fully saturated rings. The highest BCUT2D eigenvalue weighted by atomic mass is 32.1. The molecule has 2 rings (SSSR count). The van der Waals surface area contributed by atoms with Gasteiger partial charge in [-0.3, -0.25) is 10.1 Å². The van der Waals surface area contributed by atoms with Crippen molar-refractivity contribution >= 4 is 28.9 Å². The van der Waals surface area contributed by atoms with Crippen molar-refractivity contribution in [3.8, 4) is 5.75 Å². The van der Waals surface area contributed by atoms with Gasteiger partial charge in [0.25, 0.3) is 0 Å². The van der Waals surface area contributed by atoms with Crippen LogP contribution >= 0.6 is 12.2 Å². The van der Waals surface area contributed by atoms with E-state index in [0.717, 1.165) is 0 Å². The largest absolute Gasteiger partial charge is 0.464 e. The zero-order valence-corrected chi connectivity index (χ0v) is 12.3. The van der Waals surface area contributed by atoms with Crippen molar-refractivity contribution < 1.29 is 19.2 Å². The Balaban J connectivity index is 2.43. The molecule has 0 saturated carbocycles. The van der Waals surface area contributed by atoms with Gasteiger partial charge in [0.1, 0.15) is 6.04 Å². The molecule has 2 atom stereocenters. The van der Waals surface area contributed by atoms with E-state index in [1.165, 1.54) is 4.90 Å². The minimum Gasteiger partial charge on any atom is -0.464 e. The summed E-state index contributed by atoms with van der Waals surface area (Å²) in [4.78, 5) is 23.8. The van der Waals surface area contributed by atoms with Gasteiger partial charge in [-0.25, -0.2) is 4.79 Å². The number of esters is 1. The molecule has 7 nitrogen and oxygen atoms in total. The van der Waals surface area contributed by atoms with Gasteiger partial charge in [-0.1, -0.05) is 24.4 Å². The molecule has 2 unspecified atom stereocenters. The summed E-state index contributed by atoms with van der Waals surface area (Å²) in [6, 6.07) is 5.94. The molecular formula is C13H14N2O5S. The summed E-state index contributed by atoms with van der Waals surface area (Å²) in [6.07, 6.45) is -1.49. The molecule has 1 aliphatic rings. The van der Waals surface area contributed by atoms with Crippen LogP contribution in [0.25, 0.3) is 0 Å². The van der Waals surface area contributed by atoms with Crippen LogP contribution in [0.2, 0.25) is 0 Å². The summed E-state index contributed by atoms with van der Waals surface area (Å²) in [7, 11) is 0. The van der Waals surface area contributed by atoms with E-state index in [1.54, 1.807) is 38.1 Å². The number of ether oxygens (including phenoxy) is 2. The molecule has 0 aromatic heterocycles. The monoisotopic (exact) mass is 310 g/mol. The SMILES string of the molecule is CCOC(=O)C(C)N1C(=S)C([N+](=O)[O-])Oc2ccccc21. The maximum atomic E-state index is 11.9. The van der Waals surface area contributed by atoms with Crippen molar-refractivity contribution in [1.29, 1.82) is 0 Å². The van der Waals surface area contributed by atoms with E-state index < -0.39 is 23.2 Å². The van der Waals surface area contributed by atoms with Crippen LogP contribution in [0.3, 0.4) is 0 Å². The van der Waals surface area contributed by atoms with Crippen LogP contribution in [-0.4, -0.2) is 34.8 Å². The van der Waals surface area contributed by atoms with Crippen LogP contribution in [-0.2, 0) is 9.53 Å². The lowest BCUT2D eigenvalue weighted by atomic mass is 10.1. The van der Waals surface area contributed by atoms with E-state index in [4.69, 9.17) is 21.7 Å². The maximum Gasteiger partial charge on any atom is 0.406 e. The molecule has 1 heterocycles. The first kappa shape index (κ1) is 15.2. The normalized spacial score (nSPS) is 18.5. The maximum absolute atomic E-state index is 11.9. The number of carbonyl (C=O) groups is 1. The van der Waals surface area contributed by atoms with Crippen LogP contribution in [0.4, 0.5) is 5.69 Å². The minimum absolute atomic E-state index is 0.0701. The molecule has 0 radical (unpaired) electrons. The number of fused-ring (bicyclic) bond motifs is 1. The summed E-state index contributed by atoms with van der Waals surface area (Å²) >= 11 is 5.13. The zero-order chi connectivity index (χ0) is 15.6. The molecule has 8 heteroatoms. The molecule has 0 N–H and O–H groups in total. The Morgan fingerprint density at radius 2 is 2.24 bits per heavy atom. The molecule has 21 heavy (non-hydrogen) atoms. The van der Waals surface area contributed by atoms with E-state index in [0.29, 0.717) is 11.4 Å². The standard InChI is InChI=1S/C13H14N2O5S/c1-3-19-13(16)8(2)14-9-6-4-5-7-10(9)20-11(12(14)21)15(17)18/h4-8,11H,3H2,1-2H3. The van der Waals surface area contributed by atoms with Gasteiger partial charge in [0, 0.05) is 0 Å². The molecular weight excluding hydrogens is 296 g/mol. The highest BCUT2D eigenvalue weighted by Gasteiger charge is 2.42. The molecule has 1 aliphatic heterocycles. The van der Waals surface area contributed by atoms with Crippen LogP contribution in [0.5, 0.6) is 5.75 Å². The third-order valence-electron chi connectivity index (χ3n) is 3.02. The lowest BCUT2D eigenvalue weighted by Gasteiger charge is -2.35. The van der Waals surface area contributed by atoms with Gasteiger partial charge in [0.2, 0.25) is 4.99 Å². The van der Waals surface area contributed by atoms with Crippen molar-refractivity contribution in [1.82, 2.24) is 0 Å². The fraction of sp³-hybridized carbons (Fsp3) is 0.385. The number of nitrogens with zero attached hydrogens (tertiary/aromatic N) is 2. The van der Waals surface area contributed by atoms with E-state index in [9.17, 15) is 14.9 Å². The molecule has 0 bridgehead atoms. The predicted molar refractivity (Wildman–Crippen MR) is 79.0 cm³/mol. The third-order valence-corrected chi connectivity index (χ3v) is 3.42. The highest BCUT2D eigenvalue weighted by Crippen LogP contribution is 2.35. The van der Waals surface area contributed by atoms with Crippen LogP contribution in [0.1, 0.15) is 13.8 Å². The number of thiocarbonyl (C=S) groups is 1. The van der Waals surface area contributed by atoms with Crippen molar-refractivity contribution in [2.75, 3.05) is 11.5 Å². The summed E-state index contributed by atoms with van der Waals surface area (Å²) in [6.45, 7) is 3.50. The first-order valence-corrected chi connectivity index (χ1v) is 6.77. The van der Waals surface area contributed by atoms with Gasteiger partial charge in [-0.15, -0.1) is 0 Å². The first-order chi connectivity index (χ1) is 9.97. The average molecular weight is 310 g/mol. The van der Waals surface area contributed by atoms with E-state index in [1.807, 2.05) is 0 Å². The second-order valence-corrected chi connectivity index (χ2v) is 4.78. The smallest absolute Gasteiger partial charge is 0.406 e. The number of hydrogen-bond donors (Lipinski definition) is 0. The van der Waals surface area contributed by atoms with Gasteiger partial charge in [-0.2, -0.15) is 0 Å². The lowest BCUT2D eigenvalue weighted by molar-refractivity contribution is -0.540. The molecule has 0 aliphatic carbocycles. The Kier molecular flexibility index (Phi) is 4.37. The second-order valence-electron chi connectivity index (χ2n) is 4.36. The number of anilines is 1. The Bertz CT molecular complexity index is 592. The van der Waals surface area contributed by atoms with E-state index in [2.05, 4.69) is 0 Å². The second kappa shape index (κ2) is 6.04. The van der Waals surface area contributed by atoms with Crippen molar-refractivity contribution in [3.63, 3.8) is 0 Å². The molecule has 0 saturated heterocycles. The number of benzene rings is 1. The van der Waals surface area contributed by atoms with Crippen molar-refractivity contribution in [2.24, 2.45) is 0 Å². The summed E-state index contributed by atoms with van der Waals surface area (Å²) in [5.74, 6) is -0.192. The summed E-state index contributed by atoms with van der Waals surface area (Å²) < 4.78 is 10.3. The number of hydrogen-bond acceptors (Lipinski definition) is 6. The lowest BCUT2D eigenvalue weighted by Crippen LogP contribution is -2.54. The van der Waals surface area contributed by atoms with Gasteiger partial charge >= 0.3 is 12.2 Å². The predicted octanol–water partition coefficient (Wildman–Crippen LogP) is 1.77. The molecule has 0 amide bonds. The number of rotatable bonds is 4. The molecule has 112 valence electrons. The zero-order valence-electron chi connectivity index (χ0n) is 11.5. The van der Waals surface area contributed by atoms with Crippen LogP contribution in [0.15, 0.2) is 24.3 Å². The number of para-hydroxylation sites is 2. The third kappa shape index (κ3) is 2.80. The summed E-state index contributed by atoms with van der Waals surface area (Å²) in [5.41, 5.74) is 0.515. The number of carbonyl (C=O) groups excluding carboxylic acids is 1. The van der Waals surface area contributed by atoms with E-state index in [-0.39, 0.29) is 11.6 Å². The Morgan fingerprint density at radius 3 is 2.86 bits per heavy atom. The van der Waals surface area contributed by atoms with Crippen LogP contribution in [0, 0.1) is 10.1 Å². The van der Waals surface area contributed by atoms with E-state index >= 15 is 0 Å². The molecule has 1 aromatic rings. The quantitative estimate of drug-likeness (QED) is 0.363. The molecule has 0 spiro atoms. The fourth-order valence-electron chi connectivity index (χ4n) is 2.07. The fourth-order valence-corrected chi connectivity index (χ4v) is 2.46. The summed E-state index contributed by atoms with van der Waals surface area (Å²) in [5, 5.41) is 11.1. The van der Waals surface area contributed by atoms with Crippen molar-refractivity contribution in [3.05, 3.63) is 34.4 Å². The van der Waals surface area contributed by atoms with Gasteiger partial charge < -0.3 is 14.4 Å². The van der Waals surface area contributed by atoms with Gasteiger partial charge in [0.05, 0.1) is 17.2 Å². The average Bonchev–Trinajstić information content (AvgIpc) is 2.46. The van der Waals surface area contributed by atoms with Gasteiger partial charge in [0.15, 0.2) is 5.75 Å². The Labute approximate surface area is 126 Å². The Morgan fingerprint density at radius 1 is 1.57 bits per heavy atom. The Hall–Kier alpha value is -2.22.